The molecule has 0 unspecified atom stereocenters. The molecular weight excluding hydrogens is 256 g/mol. The van der Waals surface area contributed by atoms with Gasteiger partial charge in [0.25, 0.3) is 5.56 Å². The predicted octanol–water partition coefficient (Wildman–Crippen LogP) is 2.34. The number of furan rings is 1. The number of H-pyrrole nitrogens is 1. The van der Waals surface area contributed by atoms with E-state index in [4.69, 9.17) is 4.42 Å². The molecule has 108 valence electrons. The second-order valence-electron chi connectivity index (χ2n) is 4.69. The van der Waals surface area contributed by atoms with E-state index in [0.717, 1.165) is 13.0 Å². The Morgan fingerprint density at radius 3 is 2.90 bits per heavy atom. The van der Waals surface area contributed by atoms with Crippen LogP contribution in [0, 0.1) is 0 Å². The standard InChI is InChI=1S/C14H20N4O2/c1-2-3-4-5-8-15-14-16-13(19)12(17-18-14)10-11-7-6-9-20-11/h6-7,9H,2-5,8,10H2,1H3,(H2,15,16,18,19). The van der Waals surface area contributed by atoms with Crippen molar-refractivity contribution in [2.24, 2.45) is 0 Å². The molecule has 0 atom stereocenters. The summed E-state index contributed by atoms with van der Waals surface area (Å²) in [5.74, 6) is 1.12. The third kappa shape index (κ3) is 4.22. The molecule has 6 nitrogen and oxygen atoms in total. The largest absolute Gasteiger partial charge is 0.469 e. The fourth-order valence-electron chi connectivity index (χ4n) is 1.89. The summed E-state index contributed by atoms with van der Waals surface area (Å²) in [6, 6.07) is 3.59. The maximum Gasteiger partial charge on any atom is 0.274 e. The molecule has 0 aliphatic heterocycles. The van der Waals surface area contributed by atoms with Gasteiger partial charge in [-0.05, 0) is 18.6 Å². The Morgan fingerprint density at radius 2 is 2.20 bits per heavy atom. The summed E-state index contributed by atoms with van der Waals surface area (Å²) in [5.41, 5.74) is 0.129. The highest BCUT2D eigenvalue weighted by Gasteiger charge is 2.07. The fraction of sp³-hybridized carbons (Fsp3) is 0.500. The van der Waals surface area contributed by atoms with Crippen LogP contribution >= 0.6 is 0 Å². The monoisotopic (exact) mass is 276 g/mol. The Bertz CT molecular complexity index is 563. The summed E-state index contributed by atoms with van der Waals surface area (Å²) < 4.78 is 5.19. The molecule has 2 N–H and O–H groups in total. The van der Waals surface area contributed by atoms with Gasteiger partial charge in [0, 0.05) is 6.54 Å². The van der Waals surface area contributed by atoms with Crippen LogP contribution in [-0.4, -0.2) is 21.7 Å². The quantitative estimate of drug-likeness (QED) is 0.723. The first-order valence-electron chi connectivity index (χ1n) is 7.01. The first-order valence-corrected chi connectivity index (χ1v) is 7.01. The van der Waals surface area contributed by atoms with Gasteiger partial charge in [0.1, 0.15) is 11.5 Å². The lowest BCUT2D eigenvalue weighted by molar-refractivity contribution is 0.517. The van der Waals surface area contributed by atoms with Gasteiger partial charge >= 0.3 is 0 Å². The van der Waals surface area contributed by atoms with E-state index in [1.165, 1.54) is 19.3 Å². The fourth-order valence-corrected chi connectivity index (χ4v) is 1.89. The first kappa shape index (κ1) is 14.3. The van der Waals surface area contributed by atoms with Gasteiger partial charge in [-0.3, -0.25) is 9.78 Å². The molecule has 0 bridgehead atoms. The smallest absolute Gasteiger partial charge is 0.274 e. The van der Waals surface area contributed by atoms with Crippen LogP contribution in [0.25, 0.3) is 0 Å². The lowest BCUT2D eigenvalue weighted by atomic mass is 10.2. The van der Waals surface area contributed by atoms with E-state index >= 15 is 0 Å². The van der Waals surface area contributed by atoms with E-state index in [1.807, 2.05) is 0 Å². The van der Waals surface area contributed by atoms with Gasteiger partial charge in [0.2, 0.25) is 5.95 Å². The van der Waals surface area contributed by atoms with Gasteiger partial charge in [-0.25, -0.2) is 0 Å². The third-order valence-corrected chi connectivity index (χ3v) is 3.01. The highest BCUT2D eigenvalue weighted by molar-refractivity contribution is 5.22. The van der Waals surface area contributed by atoms with Crippen molar-refractivity contribution in [2.45, 2.75) is 39.0 Å². The minimum Gasteiger partial charge on any atom is -0.469 e. The van der Waals surface area contributed by atoms with Crippen molar-refractivity contribution in [3.8, 4) is 0 Å². The number of rotatable bonds is 8. The molecule has 0 radical (unpaired) electrons. The molecule has 0 aromatic carbocycles. The van der Waals surface area contributed by atoms with Crippen LogP contribution in [0.3, 0.4) is 0 Å². The third-order valence-electron chi connectivity index (χ3n) is 3.01. The highest BCUT2D eigenvalue weighted by Crippen LogP contribution is 2.04. The molecule has 0 aliphatic carbocycles. The van der Waals surface area contributed by atoms with Crippen molar-refractivity contribution in [1.82, 2.24) is 15.2 Å². The number of unbranched alkanes of at least 4 members (excludes halogenated alkanes) is 3. The van der Waals surface area contributed by atoms with Gasteiger partial charge in [-0.1, -0.05) is 26.2 Å². The predicted molar refractivity (Wildman–Crippen MR) is 76.8 cm³/mol. The van der Waals surface area contributed by atoms with Crippen molar-refractivity contribution in [3.05, 3.63) is 40.2 Å². The number of hydrogen-bond acceptors (Lipinski definition) is 5. The molecule has 0 saturated carbocycles. The summed E-state index contributed by atoms with van der Waals surface area (Å²) in [7, 11) is 0. The molecule has 0 fully saturated rings. The molecule has 2 heterocycles. The molecule has 20 heavy (non-hydrogen) atoms. The minimum absolute atomic E-state index is 0.229. The van der Waals surface area contributed by atoms with Crippen molar-refractivity contribution in [3.63, 3.8) is 0 Å². The van der Waals surface area contributed by atoms with Gasteiger partial charge in [-0.15, -0.1) is 10.2 Å². The van der Waals surface area contributed by atoms with Crippen LogP contribution in [0.15, 0.2) is 27.6 Å². The SMILES string of the molecule is CCCCCCNc1nnc(Cc2ccco2)c(=O)[nH]1. The van der Waals surface area contributed by atoms with E-state index in [2.05, 4.69) is 27.4 Å². The summed E-state index contributed by atoms with van der Waals surface area (Å²) in [5, 5.41) is 11.0. The number of nitrogens with zero attached hydrogens (tertiary/aromatic N) is 2. The molecule has 2 rings (SSSR count). The molecule has 6 heteroatoms. The lowest BCUT2D eigenvalue weighted by Gasteiger charge is -2.04. The number of aromatic amines is 1. The van der Waals surface area contributed by atoms with E-state index < -0.39 is 0 Å². The summed E-state index contributed by atoms with van der Waals surface area (Å²) in [4.78, 5) is 14.6. The topological polar surface area (TPSA) is 83.8 Å². The van der Waals surface area contributed by atoms with Crippen LogP contribution in [-0.2, 0) is 6.42 Å². The zero-order valence-electron chi connectivity index (χ0n) is 11.7. The summed E-state index contributed by atoms with van der Waals surface area (Å²) >= 11 is 0. The second-order valence-corrected chi connectivity index (χ2v) is 4.69. The normalized spacial score (nSPS) is 10.7. The van der Waals surface area contributed by atoms with E-state index in [-0.39, 0.29) is 5.56 Å². The molecule has 0 saturated heterocycles. The van der Waals surface area contributed by atoms with E-state index in [1.54, 1.807) is 18.4 Å². The number of hydrogen-bond donors (Lipinski definition) is 2. The molecular formula is C14H20N4O2. The molecule has 0 aliphatic rings. The Balaban J connectivity index is 1.87. The van der Waals surface area contributed by atoms with Crippen LogP contribution in [0.1, 0.15) is 44.1 Å². The average Bonchev–Trinajstić information content (AvgIpc) is 2.94. The van der Waals surface area contributed by atoms with Crippen LogP contribution in [0.5, 0.6) is 0 Å². The molecule has 2 aromatic heterocycles. The van der Waals surface area contributed by atoms with Crippen LogP contribution in [0.4, 0.5) is 5.95 Å². The Hall–Kier alpha value is -2.11. The van der Waals surface area contributed by atoms with E-state index in [0.29, 0.717) is 23.8 Å². The van der Waals surface area contributed by atoms with Crippen molar-refractivity contribution >= 4 is 5.95 Å². The second kappa shape index (κ2) is 7.47. The van der Waals surface area contributed by atoms with Crippen LogP contribution < -0.4 is 10.9 Å². The maximum atomic E-state index is 11.9. The molecule has 2 aromatic rings. The van der Waals surface area contributed by atoms with Crippen molar-refractivity contribution in [2.75, 3.05) is 11.9 Å². The van der Waals surface area contributed by atoms with Crippen LogP contribution in [0.2, 0.25) is 0 Å². The van der Waals surface area contributed by atoms with Crippen molar-refractivity contribution < 1.29 is 4.42 Å². The number of nitrogens with one attached hydrogen (secondary N) is 2. The van der Waals surface area contributed by atoms with E-state index in [9.17, 15) is 4.79 Å². The average molecular weight is 276 g/mol. The molecule has 0 spiro atoms. The van der Waals surface area contributed by atoms with Gasteiger partial charge in [0.05, 0.1) is 12.7 Å². The lowest BCUT2D eigenvalue weighted by Crippen LogP contribution is -2.20. The first-order chi connectivity index (χ1) is 9.79. The maximum absolute atomic E-state index is 11.9. The Morgan fingerprint density at radius 1 is 1.30 bits per heavy atom. The minimum atomic E-state index is -0.229. The van der Waals surface area contributed by atoms with Crippen molar-refractivity contribution in [1.29, 1.82) is 0 Å². The summed E-state index contributed by atoms with van der Waals surface area (Å²) in [6.07, 6.45) is 6.60. The zero-order chi connectivity index (χ0) is 14.2. The molecule has 0 amide bonds. The highest BCUT2D eigenvalue weighted by atomic mass is 16.3. The van der Waals surface area contributed by atoms with Gasteiger partial charge in [-0.2, -0.15) is 0 Å². The zero-order valence-corrected chi connectivity index (χ0v) is 11.7. The number of anilines is 1. The van der Waals surface area contributed by atoms with Gasteiger partial charge in [0.15, 0.2) is 0 Å². The summed E-state index contributed by atoms with van der Waals surface area (Å²) in [6.45, 7) is 2.97. The Labute approximate surface area is 117 Å². The number of aromatic nitrogens is 3. The van der Waals surface area contributed by atoms with Gasteiger partial charge < -0.3 is 9.73 Å². The Kier molecular flexibility index (Phi) is 5.34.